The van der Waals surface area contributed by atoms with Crippen LogP contribution in [0.3, 0.4) is 0 Å². The van der Waals surface area contributed by atoms with Gasteiger partial charge in [-0.25, -0.2) is 8.78 Å². The summed E-state index contributed by atoms with van der Waals surface area (Å²) in [4.78, 5) is 42.1. The Morgan fingerprint density at radius 2 is 1.71 bits per heavy atom. The van der Waals surface area contributed by atoms with Crippen LogP contribution in [0.15, 0.2) is 12.1 Å². The van der Waals surface area contributed by atoms with Crippen LogP contribution in [-0.4, -0.2) is 60.4 Å². The summed E-state index contributed by atoms with van der Waals surface area (Å²) in [6, 6.07) is 2.06. The number of halogens is 3. The molecule has 3 amide bonds. The van der Waals surface area contributed by atoms with Crippen molar-refractivity contribution in [2.75, 3.05) is 24.5 Å². The third-order valence-electron chi connectivity index (χ3n) is 9.22. The van der Waals surface area contributed by atoms with E-state index in [9.17, 15) is 23.2 Å². The predicted octanol–water partition coefficient (Wildman–Crippen LogP) is 4.03. The van der Waals surface area contributed by atoms with Gasteiger partial charge in [0.25, 0.3) is 0 Å². The van der Waals surface area contributed by atoms with E-state index in [2.05, 4.69) is 10.6 Å². The van der Waals surface area contributed by atoms with Gasteiger partial charge in [0.15, 0.2) is 5.82 Å². The van der Waals surface area contributed by atoms with Gasteiger partial charge in [0.05, 0.1) is 5.02 Å². The Morgan fingerprint density at radius 3 is 2.53 bits per heavy atom. The zero-order chi connectivity index (χ0) is 27.0. The third-order valence-corrected chi connectivity index (χ3v) is 9.52. The molecule has 1 aliphatic carbocycles. The molecular weight excluding hydrogens is 514 g/mol. The minimum absolute atomic E-state index is 0.0182. The fourth-order valence-electron chi connectivity index (χ4n) is 7.17. The molecule has 10 heteroatoms. The molecule has 0 aromatic heterocycles. The van der Waals surface area contributed by atoms with Gasteiger partial charge < -0.3 is 15.5 Å². The molecule has 2 N–H and O–H groups in total. The van der Waals surface area contributed by atoms with Gasteiger partial charge >= 0.3 is 11.8 Å². The maximum absolute atomic E-state index is 14.7. The third kappa shape index (κ3) is 5.28. The number of carbonyl (C=O) groups is 3. The number of nitrogens with zero attached hydrogens (tertiary/aromatic N) is 2. The lowest BCUT2D eigenvalue weighted by Crippen LogP contribution is -2.63. The first kappa shape index (κ1) is 27.3. The highest BCUT2D eigenvalue weighted by Gasteiger charge is 2.44. The van der Waals surface area contributed by atoms with Crippen LogP contribution < -0.4 is 15.5 Å². The summed E-state index contributed by atoms with van der Waals surface area (Å²) >= 11 is 5.84. The number of fused-ring (bicyclic) bond motifs is 4. The Bertz CT molecular complexity index is 1090. The highest BCUT2D eigenvalue weighted by Crippen LogP contribution is 2.38. The van der Waals surface area contributed by atoms with Gasteiger partial charge in [-0.2, -0.15) is 0 Å². The van der Waals surface area contributed by atoms with Crippen LogP contribution in [0.4, 0.5) is 14.5 Å². The standard InChI is InChI=1S/C28H37ClF2N4O3/c1-16-5-4-8-23(22-15-17(11-12-32-22)18-6-2-3-7-21(18)33-26(16)36)34-13-14-35(28(38)27(34)37)25-20(30)10-9-19(29)24(25)31/h9-10,16-18,21-23,32H,2-8,11-15H2,1H3,(H,33,36)/t16-,17?,18?,21?,22?,23+/m1/s1. The second kappa shape index (κ2) is 11.5. The van der Waals surface area contributed by atoms with Gasteiger partial charge in [-0.15, -0.1) is 0 Å². The number of amides is 3. The number of piperidine rings is 1. The number of hydrogen-bond donors (Lipinski definition) is 2. The first-order valence-corrected chi connectivity index (χ1v) is 14.4. The normalized spacial score (nSPS) is 33.2. The van der Waals surface area contributed by atoms with E-state index in [0.717, 1.165) is 68.5 Å². The Morgan fingerprint density at radius 1 is 0.921 bits per heavy atom. The quantitative estimate of drug-likeness (QED) is 0.430. The minimum atomic E-state index is -1.04. The molecule has 0 radical (unpaired) electrons. The molecule has 5 rings (SSSR count). The van der Waals surface area contributed by atoms with Crippen molar-refractivity contribution in [2.45, 2.75) is 82.8 Å². The number of piperazine rings is 1. The van der Waals surface area contributed by atoms with Crippen LogP contribution in [-0.2, 0) is 14.4 Å². The van der Waals surface area contributed by atoms with Crippen molar-refractivity contribution in [2.24, 2.45) is 17.8 Å². The number of hydrogen-bond acceptors (Lipinski definition) is 4. The summed E-state index contributed by atoms with van der Waals surface area (Å²) in [5, 5.41) is 6.69. The van der Waals surface area contributed by atoms with Crippen molar-refractivity contribution in [1.29, 1.82) is 0 Å². The second-order valence-corrected chi connectivity index (χ2v) is 11.9. The van der Waals surface area contributed by atoms with Gasteiger partial charge in [0.1, 0.15) is 11.5 Å². The minimum Gasteiger partial charge on any atom is -0.353 e. The van der Waals surface area contributed by atoms with E-state index >= 15 is 0 Å². The Balaban J connectivity index is 1.40. The smallest absolute Gasteiger partial charge is 0.316 e. The average Bonchev–Trinajstić information content (AvgIpc) is 2.91. The molecule has 3 heterocycles. The molecule has 3 saturated heterocycles. The van der Waals surface area contributed by atoms with Gasteiger partial charge in [-0.05, 0) is 69.0 Å². The molecule has 1 saturated carbocycles. The summed E-state index contributed by atoms with van der Waals surface area (Å²) in [5.41, 5.74) is -0.576. The molecule has 38 heavy (non-hydrogen) atoms. The number of rotatable bonds is 2. The lowest BCUT2D eigenvalue weighted by Gasteiger charge is -2.47. The molecule has 4 aliphatic rings. The van der Waals surface area contributed by atoms with Crippen molar-refractivity contribution in [1.82, 2.24) is 15.5 Å². The maximum Gasteiger partial charge on any atom is 0.316 e. The summed E-state index contributed by atoms with van der Waals surface area (Å²) in [7, 11) is 0. The van der Waals surface area contributed by atoms with Crippen molar-refractivity contribution >= 4 is 35.0 Å². The van der Waals surface area contributed by atoms with Crippen molar-refractivity contribution in [3.63, 3.8) is 0 Å². The van der Waals surface area contributed by atoms with Crippen molar-refractivity contribution in [3.8, 4) is 0 Å². The van der Waals surface area contributed by atoms with Crippen LogP contribution in [0, 0.1) is 29.4 Å². The SMILES string of the molecule is C[C@@H]1CCC[C@H](N2CCN(c3c(F)ccc(Cl)c3F)C(=O)C2=O)C2CC(CCN2)C2CCCCC2NC1=O. The summed E-state index contributed by atoms with van der Waals surface area (Å²) in [6.45, 7) is 2.93. The summed E-state index contributed by atoms with van der Waals surface area (Å²) in [6.07, 6.45) is 8.35. The van der Waals surface area contributed by atoms with E-state index in [0.29, 0.717) is 24.7 Å². The lowest BCUT2D eigenvalue weighted by molar-refractivity contribution is -0.149. The maximum atomic E-state index is 14.7. The van der Waals surface area contributed by atoms with E-state index in [1.165, 1.54) is 0 Å². The predicted molar refractivity (Wildman–Crippen MR) is 141 cm³/mol. The monoisotopic (exact) mass is 550 g/mol. The summed E-state index contributed by atoms with van der Waals surface area (Å²) < 4.78 is 29.2. The topological polar surface area (TPSA) is 81.8 Å². The zero-order valence-corrected chi connectivity index (χ0v) is 22.6. The molecule has 3 aliphatic heterocycles. The van der Waals surface area contributed by atoms with Crippen LogP contribution in [0.2, 0.25) is 5.02 Å². The van der Waals surface area contributed by atoms with E-state index in [1.807, 2.05) is 6.92 Å². The Kier molecular flexibility index (Phi) is 8.24. The van der Waals surface area contributed by atoms with E-state index in [-0.39, 0.29) is 48.1 Å². The molecule has 4 fully saturated rings. The van der Waals surface area contributed by atoms with Crippen LogP contribution in [0.1, 0.15) is 64.7 Å². The molecule has 0 spiro atoms. The molecule has 1 aromatic rings. The fourth-order valence-corrected chi connectivity index (χ4v) is 7.33. The first-order valence-electron chi connectivity index (χ1n) is 14.1. The number of anilines is 1. The lowest BCUT2D eigenvalue weighted by atomic mass is 9.70. The molecular formula is C28H37ClF2N4O3. The molecule has 2 bridgehead atoms. The average molecular weight is 551 g/mol. The van der Waals surface area contributed by atoms with Crippen molar-refractivity contribution < 1.29 is 23.2 Å². The van der Waals surface area contributed by atoms with Gasteiger partial charge in [0, 0.05) is 37.1 Å². The van der Waals surface area contributed by atoms with E-state index in [1.54, 1.807) is 4.90 Å². The van der Waals surface area contributed by atoms with E-state index < -0.39 is 29.1 Å². The van der Waals surface area contributed by atoms with Gasteiger partial charge in [0.2, 0.25) is 5.91 Å². The molecule has 4 unspecified atom stereocenters. The van der Waals surface area contributed by atoms with Gasteiger partial charge in [-0.3, -0.25) is 19.3 Å². The van der Waals surface area contributed by atoms with Crippen LogP contribution >= 0.6 is 11.6 Å². The first-order chi connectivity index (χ1) is 18.3. The highest BCUT2D eigenvalue weighted by atomic mass is 35.5. The number of carbonyl (C=O) groups excluding carboxylic acids is 3. The number of benzene rings is 1. The van der Waals surface area contributed by atoms with Crippen molar-refractivity contribution in [3.05, 3.63) is 28.8 Å². The van der Waals surface area contributed by atoms with Crippen LogP contribution in [0.25, 0.3) is 0 Å². The molecule has 1 aromatic carbocycles. The van der Waals surface area contributed by atoms with Gasteiger partial charge in [-0.1, -0.05) is 37.8 Å². The number of nitrogens with one attached hydrogen (secondary N) is 2. The molecule has 6 atom stereocenters. The highest BCUT2D eigenvalue weighted by molar-refractivity contribution is 6.41. The largest absolute Gasteiger partial charge is 0.353 e. The summed E-state index contributed by atoms with van der Waals surface area (Å²) in [5.74, 6) is -2.87. The second-order valence-electron chi connectivity index (χ2n) is 11.5. The molecule has 208 valence electrons. The van der Waals surface area contributed by atoms with E-state index in [4.69, 9.17) is 11.6 Å². The van der Waals surface area contributed by atoms with Crippen LogP contribution in [0.5, 0.6) is 0 Å². The fraction of sp³-hybridized carbons (Fsp3) is 0.679. The zero-order valence-electron chi connectivity index (χ0n) is 21.9. The Hall–Kier alpha value is -2.26. The molecule has 7 nitrogen and oxygen atoms in total. The Labute approximate surface area is 227 Å².